The fraction of sp³-hybridized carbons (Fsp3) is 0.533. The summed E-state index contributed by atoms with van der Waals surface area (Å²) < 4.78 is 19.2. The van der Waals surface area contributed by atoms with E-state index < -0.39 is 17.2 Å². The number of aliphatic carboxylic acids is 1. The maximum Gasteiger partial charge on any atom is 0.309 e. The highest BCUT2D eigenvalue weighted by molar-refractivity contribution is 6.32. The molecule has 110 valence electrons. The molecule has 0 spiro atoms. The van der Waals surface area contributed by atoms with Crippen molar-refractivity contribution in [1.29, 1.82) is 0 Å². The van der Waals surface area contributed by atoms with Crippen molar-refractivity contribution in [3.05, 3.63) is 28.5 Å². The third kappa shape index (κ3) is 3.63. The summed E-state index contributed by atoms with van der Waals surface area (Å²) in [6.45, 7) is 3.74. The average molecular weight is 301 g/mol. The Morgan fingerprint density at radius 1 is 1.50 bits per heavy atom. The summed E-state index contributed by atoms with van der Waals surface area (Å²) in [5.74, 6) is -0.471. The Bertz CT molecular complexity index is 524. The Balaban J connectivity index is 2.26. The molecular weight excluding hydrogens is 283 g/mol. The first-order valence-corrected chi connectivity index (χ1v) is 7.01. The Labute approximate surface area is 122 Å². The summed E-state index contributed by atoms with van der Waals surface area (Å²) in [5, 5.41) is 9.39. The smallest absolute Gasteiger partial charge is 0.309 e. The molecule has 3 nitrogen and oxygen atoms in total. The topological polar surface area (TPSA) is 46.5 Å². The summed E-state index contributed by atoms with van der Waals surface area (Å²) in [5.41, 5.74) is -0.502. The molecule has 1 N–H and O–H groups in total. The van der Waals surface area contributed by atoms with Crippen LogP contribution in [0.3, 0.4) is 0 Å². The molecule has 1 aliphatic rings. The fourth-order valence-corrected chi connectivity index (χ4v) is 2.22. The predicted octanol–water partition coefficient (Wildman–Crippen LogP) is 3.92. The molecule has 2 rings (SSSR count). The summed E-state index contributed by atoms with van der Waals surface area (Å²) in [6.07, 6.45) is 2.43. The second kappa shape index (κ2) is 5.60. The van der Waals surface area contributed by atoms with Gasteiger partial charge in [-0.25, -0.2) is 4.39 Å². The van der Waals surface area contributed by atoms with Crippen LogP contribution in [0, 0.1) is 17.2 Å². The average Bonchev–Trinajstić information content (AvgIpc) is 3.10. The molecule has 5 heteroatoms. The van der Waals surface area contributed by atoms with Gasteiger partial charge in [0.2, 0.25) is 0 Å². The fourth-order valence-electron chi connectivity index (χ4n) is 1.94. The molecular formula is C15H18ClFO3. The van der Waals surface area contributed by atoms with Crippen LogP contribution >= 0.6 is 11.6 Å². The van der Waals surface area contributed by atoms with Gasteiger partial charge in [0.25, 0.3) is 0 Å². The molecule has 1 aliphatic carbocycles. The second-order valence-electron chi connectivity index (χ2n) is 6.00. The largest absolute Gasteiger partial charge is 0.491 e. The number of carbonyl (C=O) groups is 1. The van der Waals surface area contributed by atoms with E-state index >= 15 is 0 Å². The third-order valence-corrected chi connectivity index (χ3v) is 3.74. The van der Waals surface area contributed by atoms with Gasteiger partial charge in [0, 0.05) is 0 Å². The van der Waals surface area contributed by atoms with Crippen LogP contribution in [-0.2, 0) is 11.2 Å². The van der Waals surface area contributed by atoms with Gasteiger partial charge >= 0.3 is 5.97 Å². The molecule has 0 aliphatic heterocycles. The zero-order valence-corrected chi connectivity index (χ0v) is 12.3. The van der Waals surface area contributed by atoms with E-state index in [4.69, 9.17) is 16.3 Å². The molecule has 0 aromatic heterocycles. The number of hydrogen-bond acceptors (Lipinski definition) is 2. The monoisotopic (exact) mass is 300 g/mol. The zero-order chi connectivity index (χ0) is 14.9. The minimum atomic E-state index is -1.01. The van der Waals surface area contributed by atoms with Crippen molar-refractivity contribution < 1.29 is 19.0 Å². The van der Waals surface area contributed by atoms with Crippen LogP contribution in [0.1, 0.15) is 32.3 Å². The van der Waals surface area contributed by atoms with Crippen LogP contribution in [0.4, 0.5) is 4.39 Å². The van der Waals surface area contributed by atoms with Crippen molar-refractivity contribution in [3.8, 4) is 5.75 Å². The van der Waals surface area contributed by atoms with Gasteiger partial charge in [0.05, 0.1) is 17.0 Å². The van der Waals surface area contributed by atoms with Crippen molar-refractivity contribution in [2.45, 2.75) is 33.1 Å². The van der Waals surface area contributed by atoms with Crippen LogP contribution < -0.4 is 4.74 Å². The van der Waals surface area contributed by atoms with Gasteiger partial charge in [-0.15, -0.1) is 0 Å². The predicted molar refractivity (Wildman–Crippen MR) is 74.7 cm³/mol. The Kier molecular flexibility index (Phi) is 4.23. The van der Waals surface area contributed by atoms with Crippen LogP contribution in [0.2, 0.25) is 5.02 Å². The van der Waals surface area contributed by atoms with E-state index in [-0.39, 0.29) is 11.4 Å². The molecule has 0 radical (unpaired) electrons. The highest BCUT2D eigenvalue weighted by atomic mass is 35.5. The summed E-state index contributed by atoms with van der Waals surface area (Å²) in [6, 6.07) is 2.50. The summed E-state index contributed by atoms with van der Waals surface area (Å²) >= 11 is 6.03. The number of ether oxygens (including phenoxy) is 1. The molecule has 1 aromatic carbocycles. The van der Waals surface area contributed by atoms with Gasteiger partial charge in [0.15, 0.2) is 0 Å². The highest BCUT2D eigenvalue weighted by Crippen LogP contribution is 2.37. The van der Waals surface area contributed by atoms with Crippen molar-refractivity contribution in [1.82, 2.24) is 0 Å². The first-order valence-electron chi connectivity index (χ1n) is 6.64. The first-order chi connectivity index (χ1) is 9.29. The molecule has 20 heavy (non-hydrogen) atoms. The number of hydrogen-bond donors (Lipinski definition) is 1. The third-order valence-electron chi connectivity index (χ3n) is 3.46. The Hall–Kier alpha value is -1.29. The van der Waals surface area contributed by atoms with Crippen molar-refractivity contribution >= 4 is 17.6 Å². The standard InChI is InChI=1S/C15H18ClFO3/c1-15(2,14(18)19)7-10-5-11(17)6-12(16)13(10)20-8-9-3-4-9/h5-6,9H,3-4,7-8H2,1-2H3,(H,18,19). The van der Waals surface area contributed by atoms with E-state index in [1.165, 1.54) is 12.1 Å². The van der Waals surface area contributed by atoms with E-state index in [1.54, 1.807) is 13.8 Å². The number of benzene rings is 1. The number of carboxylic acid groups (broad SMARTS) is 1. The maximum atomic E-state index is 13.5. The lowest BCUT2D eigenvalue weighted by atomic mass is 9.85. The van der Waals surface area contributed by atoms with Gasteiger partial charge in [-0.3, -0.25) is 4.79 Å². The number of halogens is 2. The van der Waals surface area contributed by atoms with Crippen LogP contribution in [0.15, 0.2) is 12.1 Å². The molecule has 1 saturated carbocycles. The number of rotatable bonds is 6. The van der Waals surface area contributed by atoms with E-state index in [9.17, 15) is 14.3 Å². The Morgan fingerprint density at radius 2 is 2.15 bits per heavy atom. The molecule has 1 aromatic rings. The lowest BCUT2D eigenvalue weighted by Crippen LogP contribution is -2.26. The molecule has 0 heterocycles. The Morgan fingerprint density at radius 3 is 2.70 bits per heavy atom. The second-order valence-corrected chi connectivity index (χ2v) is 6.40. The van der Waals surface area contributed by atoms with E-state index in [2.05, 4.69) is 0 Å². The van der Waals surface area contributed by atoms with Gasteiger partial charge in [-0.2, -0.15) is 0 Å². The van der Waals surface area contributed by atoms with Gasteiger partial charge in [0.1, 0.15) is 11.6 Å². The molecule has 1 fully saturated rings. The van der Waals surface area contributed by atoms with E-state index in [0.717, 1.165) is 12.8 Å². The van der Waals surface area contributed by atoms with Crippen molar-refractivity contribution in [2.75, 3.05) is 6.61 Å². The number of carboxylic acids is 1. The molecule has 0 saturated heterocycles. The molecule has 0 unspecified atom stereocenters. The lowest BCUT2D eigenvalue weighted by molar-refractivity contribution is -0.146. The minimum Gasteiger partial charge on any atom is -0.491 e. The summed E-state index contributed by atoms with van der Waals surface area (Å²) in [7, 11) is 0. The van der Waals surface area contributed by atoms with E-state index in [0.29, 0.717) is 23.8 Å². The zero-order valence-electron chi connectivity index (χ0n) is 11.6. The normalized spacial score (nSPS) is 15.2. The SMILES string of the molecule is CC(C)(Cc1cc(F)cc(Cl)c1OCC1CC1)C(=O)O. The lowest BCUT2D eigenvalue weighted by Gasteiger charge is -2.21. The van der Waals surface area contributed by atoms with Crippen molar-refractivity contribution in [2.24, 2.45) is 11.3 Å². The van der Waals surface area contributed by atoms with Gasteiger partial charge < -0.3 is 9.84 Å². The maximum absolute atomic E-state index is 13.5. The summed E-state index contributed by atoms with van der Waals surface area (Å²) in [4.78, 5) is 11.2. The molecule has 0 amide bonds. The first kappa shape index (κ1) is 15.1. The van der Waals surface area contributed by atoms with Crippen LogP contribution in [0.25, 0.3) is 0 Å². The quantitative estimate of drug-likeness (QED) is 0.866. The van der Waals surface area contributed by atoms with Crippen molar-refractivity contribution in [3.63, 3.8) is 0 Å². The van der Waals surface area contributed by atoms with Crippen LogP contribution in [0.5, 0.6) is 5.75 Å². The van der Waals surface area contributed by atoms with Gasteiger partial charge in [-0.05, 0) is 56.7 Å². The van der Waals surface area contributed by atoms with Crippen LogP contribution in [-0.4, -0.2) is 17.7 Å². The highest BCUT2D eigenvalue weighted by Gasteiger charge is 2.30. The molecule has 0 atom stereocenters. The van der Waals surface area contributed by atoms with Gasteiger partial charge in [-0.1, -0.05) is 11.6 Å². The van der Waals surface area contributed by atoms with E-state index in [1.807, 2.05) is 0 Å². The molecule has 0 bridgehead atoms. The minimum absolute atomic E-state index is 0.166.